The highest BCUT2D eigenvalue weighted by Gasteiger charge is 2.25. The van der Waals surface area contributed by atoms with Crippen LogP contribution in [0.1, 0.15) is 57.4 Å². The van der Waals surface area contributed by atoms with E-state index in [-0.39, 0.29) is 18.4 Å². The Labute approximate surface area is 174 Å². The van der Waals surface area contributed by atoms with Crippen LogP contribution in [-0.2, 0) is 9.59 Å². The monoisotopic (exact) mass is 401 g/mol. The van der Waals surface area contributed by atoms with Gasteiger partial charge in [-0.3, -0.25) is 9.59 Å². The highest BCUT2D eigenvalue weighted by molar-refractivity contribution is 5.97. The van der Waals surface area contributed by atoms with Crippen molar-refractivity contribution >= 4 is 17.5 Å². The average molecular weight is 402 g/mol. The van der Waals surface area contributed by atoms with Gasteiger partial charge in [-0.25, -0.2) is 0 Å². The molecule has 0 radical (unpaired) electrons. The summed E-state index contributed by atoms with van der Waals surface area (Å²) in [6.07, 6.45) is 7.26. The van der Waals surface area contributed by atoms with E-state index >= 15 is 0 Å². The van der Waals surface area contributed by atoms with Crippen LogP contribution < -0.4 is 15.0 Å². The van der Waals surface area contributed by atoms with E-state index in [1.807, 2.05) is 25.1 Å². The van der Waals surface area contributed by atoms with Crippen LogP contribution in [-0.4, -0.2) is 55.5 Å². The van der Waals surface area contributed by atoms with Gasteiger partial charge in [0.25, 0.3) is 5.91 Å². The van der Waals surface area contributed by atoms with Crippen molar-refractivity contribution in [3.63, 3.8) is 0 Å². The lowest BCUT2D eigenvalue weighted by Crippen LogP contribution is -2.41. The molecule has 1 aromatic carbocycles. The first-order chi connectivity index (χ1) is 14.1. The zero-order valence-corrected chi connectivity index (χ0v) is 17.9. The smallest absolute Gasteiger partial charge is 0.265 e. The fourth-order valence-electron chi connectivity index (χ4n) is 4.37. The highest BCUT2D eigenvalue weighted by Crippen LogP contribution is 2.32. The number of ether oxygens (including phenoxy) is 1. The molecule has 0 unspecified atom stereocenters. The van der Waals surface area contributed by atoms with Gasteiger partial charge in [-0.1, -0.05) is 19.4 Å². The zero-order chi connectivity index (χ0) is 20.6. The number of amides is 2. The lowest BCUT2D eigenvalue weighted by atomic mass is 10.00. The summed E-state index contributed by atoms with van der Waals surface area (Å²) in [6, 6.07) is 6.57. The summed E-state index contributed by atoms with van der Waals surface area (Å²) in [5.41, 5.74) is 1.90. The molecule has 160 valence electrons. The number of fused-ring (bicyclic) bond motifs is 1. The molecule has 0 saturated carbocycles. The van der Waals surface area contributed by atoms with Crippen molar-refractivity contribution in [3.05, 3.63) is 23.8 Å². The number of hydrogen-bond acceptors (Lipinski definition) is 4. The van der Waals surface area contributed by atoms with E-state index < -0.39 is 0 Å². The molecule has 1 atom stereocenters. The fourth-order valence-corrected chi connectivity index (χ4v) is 4.37. The molecular weight excluding hydrogens is 366 g/mol. The summed E-state index contributed by atoms with van der Waals surface area (Å²) in [5.74, 6) is 0.763. The number of nitrogens with one attached hydrogen (secondary N) is 1. The highest BCUT2D eigenvalue weighted by atomic mass is 16.5. The van der Waals surface area contributed by atoms with Gasteiger partial charge in [0.05, 0.1) is 5.69 Å². The Morgan fingerprint density at radius 3 is 2.93 bits per heavy atom. The minimum Gasteiger partial charge on any atom is -0.482 e. The van der Waals surface area contributed by atoms with Crippen molar-refractivity contribution in [3.8, 4) is 5.75 Å². The molecular formula is C23H35N3O3. The molecule has 6 heteroatoms. The first-order valence-electron chi connectivity index (χ1n) is 11.1. The summed E-state index contributed by atoms with van der Waals surface area (Å²) < 4.78 is 5.50. The van der Waals surface area contributed by atoms with E-state index in [1.54, 1.807) is 4.90 Å². The number of nitrogens with zero attached hydrogens (tertiary/aromatic N) is 2. The van der Waals surface area contributed by atoms with E-state index in [0.29, 0.717) is 19.4 Å². The largest absolute Gasteiger partial charge is 0.482 e. The van der Waals surface area contributed by atoms with Crippen LogP contribution in [0.4, 0.5) is 5.69 Å². The van der Waals surface area contributed by atoms with Crippen molar-refractivity contribution in [2.24, 2.45) is 0 Å². The second-order valence-electron chi connectivity index (χ2n) is 8.21. The summed E-state index contributed by atoms with van der Waals surface area (Å²) in [6.45, 7) is 7.86. The number of hydrogen-bond donors (Lipinski definition) is 1. The van der Waals surface area contributed by atoms with Crippen LogP contribution in [0.2, 0.25) is 0 Å². The van der Waals surface area contributed by atoms with E-state index in [9.17, 15) is 9.59 Å². The van der Waals surface area contributed by atoms with Crippen molar-refractivity contribution in [1.29, 1.82) is 0 Å². The molecule has 0 bridgehead atoms. The maximum atomic E-state index is 12.3. The molecule has 2 aliphatic heterocycles. The minimum absolute atomic E-state index is 0.0458. The molecule has 6 nitrogen and oxygen atoms in total. The van der Waals surface area contributed by atoms with Gasteiger partial charge in [-0.2, -0.15) is 0 Å². The Morgan fingerprint density at radius 2 is 2.10 bits per heavy atom. The van der Waals surface area contributed by atoms with Crippen molar-refractivity contribution in [2.75, 3.05) is 37.7 Å². The number of benzene rings is 1. The lowest BCUT2D eigenvalue weighted by Gasteiger charge is -2.35. The Morgan fingerprint density at radius 1 is 1.24 bits per heavy atom. The first kappa shape index (κ1) is 21.6. The quantitative estimate of drug-likeness (QED) is 0.645. The second kappa shape index (κ2) is 10.6. The average Bonchev–Trinajstić information content (AvgIpc) is 2.73. The Kier molecular flexibility index (Phi) is 7.92. The maximum absolute atomic E-state index is 12.3. The van der Waals surface area contributed by atoms with Gasteiger partial charge >= 0.3 is 0 Å². The van der Waals surface area contributed by atoms with E-state index in [2.05, 4.69) is 17.1 Å². The van der Waals surface area contributed by atoms with E-state index in [1.165, 1.54) is 32.2 Å². The van der Waals surface area contributed by atoms with Gasteiger partial charge in [-0.15, -0.1) is 0 Å². The fraction of sp³-hybridized carbons (Fsp3) is 0.652. The summed E-state index contributed by atoms with van der Waals surface area (Å²) in [5, 5.41) is 3.04. The first-order valence-corrected chi connectivity index (χ1v) is 11.1. The van der Waals surface area contributed by atoms with Gasteiger partial charge in [-0.05, 0) is 63.3 Å². The summed E-state index contributed by atoms with van der Waals surface area (Å²) in [4.78, 5) is 28.8. The molecule has 1 N–H and O–H groups in total. The molecule has 2 amide bonds. The third-order valence-corrected chi connectivity index (χ3v) is 6.01. The van der Waals surface area contributed by atoms with Crippen LogP contribution in [0.25, 0.3) is 0 Å². The predicted molar refractivity (Wildman–Crippen MR) is 115 cm³/mol. The molecule has 0 aromatic heterocycles. The third-order valence-electron chi connectivity index (χ3n) is 6.01. The summed E-state index contributed by atoms with van der Waals surface area (Å²) in [7, 11) is 0. The maximum Gasteiger partial charge on any atom is 0.265 e. The number of piperidine rings is 1. The van der Waals surface area contributed by atoms with Crippen LogP contribution in [0.3, 0.4) is 0 Å². The third kappa shape index (κ3) is 5.95. The van der Waals surface area contributed by atoms with Crippen LogP contribution >= 0.6 is 0 Å². The van der Waals surface area contributed by atoms with Gasteiger partial charge in [0.15, 0.2) is 6.61 Å². The second-order valence-corrected chi connectivity index (χ2v) is 8.21. The number of carbonyl (C=O) groups is 2. The van der Waals surface area contributed by atoms with Gasteiger partial charge < -0.3 is 19.9 Å². The number of likely N-dealkylation sites (tertiary alicyclic amines) is 1. The lowest BCUT2D eigenvalue weighted by molar-refractivity contribution is -0.122. The number of carbonyl (C=O) groups excluding carboxylic acids is 2. The number of rotatable bonds is 9. The van der Waals surface area contributed by atoms with Crippen molar-refractivity contribution < 1.29 is 14.3 Å². The number of anilines is 1. The molecule has 29 heavy (non-hydrogen) atoms. The standard InChI is InChI=1S/C23H35N3O3/c1-3-19-8-4-5-13-25(19)14-7-12-24-22(27)9-6-15-26-20-16-18(2)10-11-21(20)29-17-23(26)28/h10-11,16,19H,3-9,12-15,17H2,1-2H3,(H,24,27)/t19-/m1/s1. The topological polar surface area (TPSA) is 61.9 Å². The normalized spacial score (nSPS) is 19.6. The van der Waals surface area contributed by atoms with Crippen LogP contribution in [0.15, 0.2) is 18.2 Å². The van der Waals surface area contributed by atoms with Crippen molar-refractivity contribution in [2.45, 2.75) is 64.8 Å². The van der Waals surface area contributed by atoms with E-state index in [0.717, 1.165) is 42.6 Å². The van der Waals surface area contributed by atoms with Gasteiger partial charge in [0, 0.05) is 32.1 Å². The molecule has 2 aliphatic rings. The van der Waals surface area contributed by atoms with Gasteiger partial charge in [0.2, 0.25) is 5.91 Å². The molecule has 1 saturated heterocycles. The Bertz CT molecular complexity index is 707. The molecule has 3 rings (SSSR count). The SMILES string of the molecule is CC[C@@H]1CCCCN1CCCNC(=O)CCCN1C(=O)COc2ccc(C)cc21. The van der Waals surface area contributed by atoms with Crippen molar-refractivity contribution in [1.82, 2.24) is 10.2 Å². The zero-order valence-electron chi connectivity index (χ0n) is 17.9. The minimum atomic E-state index is -0.0458. The molecule has 1 aromatic rings. The van der Waals surface area contributed by atoms with Gasteiger partial charge in [0.1, 0.15) is 5.75 Å². The van der Waals surface area contributed by atoms with Crippen LogP contribution in [0.5, 0.6) is 5.75 Å². The number of aryl methyl sites for hydroxylation is 1. The van der Waals surface area contributed by atoms with Crippen LogP contribution in [0, 0.1) is 6.92 Å². The molecule has 0 aliphatic carbocycles. The Hall–Kier alpha value is -2.08. The molecule has 0 spiro atoms. The molecule has 1 fully saturated rings. The summed E-state index contributed by atoms with van der Waals surface area (Å²) >= 11 is 0. The Balaban J connectivity index is 1.36. The van der Waals surface area contributed by atoms with E-state index in [4.69, 9.17) is 4.74 Å². The molecule has 2 heterocycles. The predicted octanol–water partition coefficient (Wildman–Crippen LogP) is 3.27.